The Kier molecular flexibility index (Phi) is 5.90. The third-order valence-electron chi connectivity index (χ3n) is 4.82. The van der Waals surface area contributed by atoms with Crippen LogP contribution in [0.2, 0.25) is 0 Å². The Hall–Kier alpha value is -1.02. The van der Waals surface area contributed by atoms with E-state index in [2.05, 4.69) is 37.5 Å². The van der Waals surface area contributed by atoms with Gasteiger partial charge in [-0.25, -0.2) is 0 Å². The van der Waals surface area contributed by atoms with Crippen LogP contribution in [0.4, 0.5) is 0 Å². The van der Waals surface area contributed by atoms with Crippen molar-refractivity contribution in [1.82, 2.24) is 5.32 Å². The quantitative estimate of drug-likeness (QED) is 0.821. The molecular formula is C18H29NO. The molecule has 2 rings (SSSR count). The second-order valence-corrected chi connectivity index (χ2v) is 6.11. The Morgan fingerprint density at radius 2 is 2.00 bits per heavy atom. The van der Waals surface area contributed by atoms with Crippen LogP contribution in [0.1, 0.15) is 57.1 Å². The van der Waals surface area contributed by atoms with Gasteiger partial charge in [-0.05, 0) is 49.4 Å². The highest BCUT2D eigenvalue weighted by Crippen LogP contribution is 2.38. The first kappa shape index (κ1) is 15.4. The zero-order chi connectivity index (χ0) is 14.4. The summed E-state index contributed by atoms with van der Waals surface area (Å²) in [5.41, 5.74) is 1.37. The highest BCUT2D eigenvalue weighted by molar-refractivity contribution is 5.31. The van der Waals surface area contributed by atoms with Gasteiger partial charge in [0.1, 0.15) is 5.75 Å². The minimum atomic E-state index is 0.465. The molecule has 1 saturated carbocycles. The van der Waals surface area contributed by atoms with E-state index in [0.29, 0.717) is 6.04 Å². The second-order valence-electron chi connectivity index (χ2n) is 6.11. The first-order chi connectivity index (χ1) is 9.78. The molecule has 112 valence electrons. The maximum Gasteiger partial charge on any atom is 0.119 e. The third kappa shape index (κ3) is 3.76. The molecule has 0 amide bonds. The van der Waals surface area contributed by atoms with Gasteiger partial charge in [0.05, 0.1) is 7.11 Å². The van der Waals surface area contributed by atoms with Crippen LogP contribution in [0.3, 0.4) is 0 Å². The lowest BCUT2D eigenvalue weighted by atomic mass is 9.75. The number of methoxy groups -OCH3 is 1. The Labute approximate surface area is 123 Å². The molecule has 0 radical (unpaired) electrons. The van der Waals surface area contributed by atoms with E-state index < -0.39 is 0 Å². The van der Waals surface area contributed by atoms with Gasteiger partial charge in [-0.15, -0.1) is 0 Å². The summed E-state index contributed by atoms with van der Waals surface area (Å²) in [7, 11) is 3.83. The van der Waals surface area contributed by atoms with Crippen molar-refractivity contribution in [2.24, 2.45) is 11.8 Å². The van der Waals surface area contributed by atoms with Crippen molar-refractivity contribution in [2.75, 3.05) is 14.2 Å². The van der Waals surface area contributed by atoms with Crippen LogP contribution in [0.15, 0.2) is 24.3 Å². The van der Waals surface area contributed by atoms with Crippen LogP contribution in [-0.2, 0) is 0 Å². The molecule has 1 aromatic carbocycles. The van der Waals surface area contributed by atoms with E-state index in [1.54, 1.807) is 7.11 Å². The summed E-state index contributed by atoms with van der Waals surface area (Å²) in [6.07, 6.45) is 8.26. The van der Waals surface area contributed by atoms with Gasteiger partial charge in [-0.3, -0.25) is 0 Å². The Morgan fingerprint density at radius 3 is 2.60 bits per heavy atom. The highest BCUT2D eigenvalue weighted by atomic mass is 16.5. The van der Waals surface area contributed by atoms with Gasteiger partial charge in [0.2, 0.25) is 0 Å². The van der Waals surface area contributed by atoms with Crippen LogP contribution in [0, 0.1) is 11.8 Å². The van der Waals surface area contributed by atoms with E-state index in [9.17, 15) is 0 Å². The minimum Gasteiger partial charge on any atom is -0.497 e. The van der Waals surface area contributed by atoms with Crippen LogP contribution >= 0.6 is 0 Å². The fraction of sp³-hybridized carbons (Fsp3) is 0.667. The molecule has 1 aliphatic carbocycles. The SMILES string of the molecule is CCCC1CCC(C(NC)c2cccc(OC)c2)CC1. The smallest absolute Gasteiger partial charge is 0.119 e. The summed E-state index contributed by atoms with van der Waals surface area (Å²) in [6.45, 7) is 2.30. The normalized spacial score (nSPS) is 24.4. The van der Waals surface area contributed by atoms with Gasteiger partial charge in [-0.2, -0.15) is 0 Å². The van der Waals surface area contributed by atoms with Crippen molar-refractivity contribution in [3.63, 3.8) is 0 Å². The van der Waals surface area contributed by atoms with Gasteiger partial charge in [0.25, 0.3) is 0 Å². The molecule has 0 aromatic heterocycles. The molecule has 0 spiro atoms. The van der Waals surface area contributed by atoms with E-state index >= 15 is 0 Å². The molecule has 1 aliphatic rings. The number of hydrogen-bond acceptors (Lipinski definition) is 2. The van der Waals surface area contributed by atoms with Crippen molar-refractivity contribution in [2.45, 2.75) is 51.5 Å². The molecule has 1 unspecified atom stereocenters. The third-order valence-corrected chi connectivity index (χ3v) is 4.82. The molecule has 2 heteroatoms. The molecule has 1 atom stereocenters. The van der Waals surface area contributed by atoms with Gasteiger partial charge >= 0.3 is 0 Å². The summed E-state index contributed by atoms with van der Waals surface area (Å²) in [4.78, 5) is 0. The molecule has 0 aliphatic heterocycles. The molecule has 1 fully saturated rings. The van der Waals surface area contributed by atoms with Crippen molar-refractivity contribution in [3.05, 3.63) is 29.8 Å². The molecule has 0 bridgehead atoms. The average molecular weight is 275 g/mol. The summed E-state index contributed by atoms with van der Waals surface area (Å²) >= 11 is 0. The van der Waals surface area contributed by atoms with Gasteiger partial charge in [-0.1, -0.05) is 44.7 Å². The lowest BCUT2D eigenvalue weighted by Gasteiger charge is -2.34. The van der Waals surface area contributed by atoms with E-state index in [-0.39, 0.29) is 0 Å². The Balaban J connectivity index is 2.01. The van der Waals surface area contributed by atoms with Gasteiger partial charge < -0.3 is 10.1 Å². The Bertz CT molecular complexity index is 396. The monoisotopic (exact) mass is 275 g/mol. The van der Waals surface area contributed by atoms with Crippen LogP contribution in [-0.4, -0.2) is 14.2 Å². The predicted molar refractivity (Wildman–Crippen MR) is 85.2 cm³/mol. The molecule has 2 nitrogen and oxygen atoms in total. The molecular weight excluding hydrogens is 246 g/mol. The molecule has 0 saturated heterocycles. The number of benzene rings is 1. The molecule has 0 heterocycles. The van der Waals surface area contributed by atoms with Gasteiger partial charge in [0.15, 0.2) is 0 Å². The average Bonchev–Trinajstić information content (AvgIpc) is 2.50. The van der Waals surface area contributed by atoms with Crippen molar-refractivity contribution >= 4 is 0 Å². The number of nitrogens with one attached hydrogen (secondary N) is 1. The maximum absolute atomic E-state index is 5.36. The van der Waals surface area contributed by atoms with E-state index in [0.717, 1.165) is 17.6 Å². The minimum absolute atomic E-state index is 0.465. The van der Waals surface area contributed by atoms with Crippen molar-refractivity contribution in [1.29, 1.82) is 0 Å². The van der Waals surface area contributed by atoms with E-state index in [4.69, 9.17) is 4.74 Å². The lowest BCUT2D eigenvalue weighted by molar-refractivity contribution is 0.219. The fourth-order valence-corrected chi connectivity index (χ4v) is 3.73. The summed E-state index contributed by atoms with van der Waals surface area (Å²) < 4.78 is 5.36. The number of hydrogen-bond donors (Lipinski definition) is 1. The zero-order valence-corrected chi connectivity index (χ0v) is 13.2. The highest BCUT2D eigenvalue weighted by Gasteiger charge is 2.27. The van der Waals surface area contributed by atoms with Crippen LogP contribution in [0.25, 0.3) is 0 Å². The first-order valence-corrected chi connectivity index (χ1v) is 8.09. The van der Waals surface area contributed by atoms with E-state index in [1.807, 2.05) is 6.07 Å². The number of rotatable bonds is 6. The van der Waals surface area contributed by atoms with E-state index in [1.165, 1.54) is 44.1 Å². The maximum atomic E-state index is 5.36. The topological polar surface area (TPSA) is 21.3 Å². The Morgan fingerprint density at radius 1 is 1.25 bits per heavy atom. The fourth-order valence-electron chi connectivity index (χ4n) is 3.73. The zero-order valence-electron chi connectivity index (χ0n) is 13.2. The summed E-state index contributed by atoms with van der Waals surface area (Å²) in [5.74, 6) is 2.70. The lowest BCUT2D eigenvalue weighted by Crippen LogP contribution is -2.28. The van der Waals surface area contributed by atoms with Gasteiger partial charge in [0, 0.05) is 6.04 Å². The predicted octanol–water partition coefficient (Wildman–Crippen LogP) is 4.56. The number of ether oxygens (including phenoxy) is 1. The molecule has 20 heavy (non-hydrogen) atoms. The van der Waals surface area contributed by atoms with Crippen LogP contribution in [0.5, 0.6) is 5.75 Å². The van der Waals surface area contributed by atoms with Crippen molar-refractivity contribution < 1.29 is 4.74 Å². The largest absolute Gasteiger partial charge is 0.497 e. The van der Waals surface area contributed by atoms with Crippen LogP contribution < -0.4 is 10.1 Å². The summed E-state index contributed by atoms with van der Waals surface area (Å²) in [6, 6.07) is 8.99. The first-order valence-electron chi connectivity index (χ1n) is 8.09. The molecule has 1 aromatic rings. The summed E-state index contributed by atoms with van der Waals surface area (Å²) in [5, 5.41) is 3.53. The standard InChI is InChI=1S/C18H29NO/c1-4-6-14-9-11-15(12-10-14)18(19-2)16-7-5-8-17(13-16)20-3/h5,7-8,13-15,18-19H,4,6,9-12H2,1-3H3. The molecule has 1 N–H and O–H groups in total. The second kappa shape index (κ2) is 7.68. The van der Waals surface area contributed by atoms with Crippen molar-refractivity contribution in [3.8, 4) is 5.75 Å².